The van der Waals surface area contributed by atoms with Crippen LogP contribution >= 0.6 is 11.3 Å². The van der Waals surface area contributed by atoms with Gasteiger partial charge in [0.25, 0.3) is 0 Å². The molecule has 3 aromatic rings. The van der Waals surface area contributed by atoms with Crippen LogP contribution in [0.1, 0.15) is 5.01 Å². The predicted octanol–water partition coefficient (Wildman–Crippen LogP) is 2.75. The van der Waals surface area contributed by atoms with Gasteiger partial charge in [0.1, 0.15) is 5.69 Å². The Bertz CT molecular complexity index is 674. The smallest absolute Gasteiger partial charge is 0.232 e. The number of nitrogens with two attached hydrogens (primary N) is 1. The first kappa shape index (κ1) is 10.9. The van der Waals surface area contributed by atoms with E-state index in [1.54, 1.807) is 23.7 Å². The van der Waals surface area contributed by atoms with E-state index >= 15 is 0 Å². The summed E-state index contributed by atoms with van der Waals surface area (Å²) in [7, 11) is 0. The number of aromatic nitrogens is 3. The van der Waals surface area contributed by atoms with Crippen LogP contribution in [0.15, 0.2) is 35.1 Å². The fourth-order valence-corrected chi connectivity index (χ4v) is 2.47. The van der Waals surface area contributed by atoms with Crippen molar-refractivity contribution in [2.45, 2.75) is 6.92 Å². The zero-order valence-corrected chi connectivity index (χ0v) is 10.4. The number of nitrogen functional groups attached to an aromatic ring is 1. The molecule has 0 saturated heterocycles. The molecule has 5 nitrogen and oxygen atoms in total. The topological polar surface area (TPSA) is 77.8 Å². The van der Waals surface area contributed by atoms with Crippen molar-refractivity contribution >= 4 is 17.2 Å². The van der Waals surface area contributed by atoms with E-state index < -0.39 is 0 Å². The van der Waals surface area contributed by atoms with Crippen molar-refractivity contribution in [1.82, 2.24) is 15.1 Å². The van der Waals surface area contributed by atoms with Crippen molar-refractivity contribution in [3.8, 4) is 21.8 Å². The zero-order chi connectivity index (χ0) is 12.5. The van der Waals surface area contributed by atoms with Gasteiger partial charge < -0.3 is 10.3 Å². The second-order valence-electron chi connectivity index (χ2n) is 3.73. The van der Waals surface area contributed by atoms with Crippen LogP contribution in [-0.4, -0.2) is 15.1 Å². The molecule has 0 unspecified atom stereocenters. The van der Waals surface area contributed by atoms with Crippen molar-refractivity contribution in [2.75, 3.05) is 5.73 Å². The largest absolute Gasteiger partial charge is 0.367 e. The van der Waals surface area contributed by atoms with Gasteiger partial charge in [0.05, 0.1) is 21.1 Å². The molecule has 3 heterocycles. The second kappa shape index (κ2) is 4.23. The maximum absolute atomic E-state index is 5.83. The van der Waals surface area contributed by atoms with Gasteiger partial charge in [0.15, 0.2) is 0 Å². The Hall–Kier alpha value is -2.21. The van der Waals surface area contributed by atoms with Crippen LogP contribution in [0.3, 0.4) is 0 Å². The van der Waals surface area contributed by atoms with E-state index in [4.69, 9.17) is 10.3 Å². The molecule has 0 radical (unpaired) electrons. The van der Waals surface area contributed by atoms with Crippen LogP contribution in [0, 0.1) is 6.92 Å². The summed E-state index contributed by atoms with van der Waals surface area (Å²) in [6.07, 6.45) is 3.48. The average Bonchev–Trinajstić information content (AvgIpc) is 2.96. The minimum Gasteiger partial charge on any atom is -0.367 e. The van der Waals surface area contributed by atoms with Crippen molar-refractivity contribution < 1.29 is 4.52 Å². The molecule has 0 atom stereocenters. The van der Waals surface area contributed by atoms with Gasteiger partial charge in [0, 0.05) is 12.4 Å². The summed E-state index contributed by atoms with van der Waals surface area (Å²) in [4.78, 5) is 9.42. The van der Waals surface area contributed by atoms with E-state index in [-0.39, 0.29) is 5.88 Å². The third-order valence-corrected chi connectivity index (χ3v) is 3.41. The second-order valence-corrected chi connectivity index (χ2v) is 4.96. The van der Waals surface area contributed by atoms with E-state index in [0.29, 0.717) is 5.69 Å². The van der Waals surface area contributed by atoms with Crippen LogP contribution in [0.5, 0.6) is 0 Å². The Morgan fingerprint density at radius 2 is 2.17 bits per heavy atom. The Labute approximate surface area is 107 Å². The number of rotatable bonds is 2. The Morgan fingerprint density at radius 1 is 1.28 bits per heavy atom. The quantitative estimate of drug-likeness (QED) is 0.764. The first-order valence-electron chi connectivity index (χ1n) is 5.35. The normalized spacial score (nSPS) is 10.7. The third-order valence-electron chi connectivity index (χ3n) is 2.49. The molecule has 2 N–H and O–H groups in total. The molecule has 0 saturated carbocycles. The molecular formula is C12H10N4OS. The van der Waals surface area contributed by atoms with E-state index in [0.717, 1.165) is 21.1 Å². The van der Waals surface area contributed by atoms with Crippen LogP contribution in [0.2, 0.25) is 0 Å². The van der Waals surface area contributed by atoms with Crippen molar-refractivity contribution in [2.24, 2.45) is 0 Å². The third kappa shape index (κ3) is 1.76. The Kier molecular flexibility index (Phi) is 2.56. The molecule has 0 spiro atoms. The molecule has 3 aromatic heterocycles. The molecule has 18 heavy (non-hydrogen) atoms. The van der Waals surface area contributed by atoms with E-state index in [1.165, 1.54) is 0 Å². The minimum atomic E-state index is 0.273. The summed E-state index contributed by atoms with van der Waals surface area (Å²) < 4.78 is 5.08. The number of anilines is 1. The summed E-state index contributed by atoms with van der Waals surface area (Å²) in [5.41, 5.74) is 7.99. The lowest BCUT2D eigenvalue weighted by molar-refractivity contribution is 0.439. The molecule has 0 aromatic carbocycles. The lowest BCUT2D eigenvalue weighted by Gasteiger charge is -1.98. The fraction of sp³-hybridized carbons (Fsp3) is 0.0833. The lowest BCUT2D eigenvalue weighted by atomic mass is 10.1. The molecule has 0 aliphatic carbocycles. The highest BCUT2D eigenvalue weighted by Crippen LogP contribution is 2.37. The monoisotopic (exact) mass is 258 g/mol. The average molecular weight is 258 g/mol. The highest BCUT2D eigenvalue weighted by molar-refractivity contribution is 7.15. The van der Waals surface area contributed by atoms with Gasteiger partial charge in [-0.1, -0.05) is 11.2 Å². The SMILES string of the molecule is Cc1ncc(-c2noc(N)c2-c2ccccn2)s1. The lowest BCUT2D eigenvalue weighted by Crippen LogP contribution is -1.88. The number of pyridine rings is 1. The summed E-state index contributed by atoms with van der Waals surface area (Å²) in [5.74, 6) is 0.273. The maximum atomic E-state index is 5.83. The Morgan fingerprint density at radius 3 is 2.83 bits per heavy atom. The number of thiazole rings is 1. The van der Waals surface area contributed by atoms with Crippen molar-refractivity contribution in [3.05, 3.63) is 35.6 Å². The van der Waals surface area contributed by atoms with Gasteiger partial charge in [-0.25, -0.2) is 4.98 Å². The van der Waals surface area contributed by atoms with Crippen molar-refractivity contribution in [1.29, 1.82) is 0 Å². The van der Waals surface area contributed by atoms with Crippen LogP contribution < -0.4 is 5.73 Å². The van der Waals surface area contributed by atoms with Gasteiger partial charge in [-0.3, -0.25) is 4.98 Å². The predicted molar refractivity (Wildman–Crippen MR) is 70.0 cm³/mol. The molecule has 6 heteroatoms. The molecule has 0 aliphatic heterocycles. The maximum Gasteiger partial charge on any atom is 0.232 e. The molecular weight excluding hydrogens is 248 g/mol. The molecule has 0 amide bonds. The van der Waals surface area contributed by atoms with Gasteiger partial charge in [-0.2, -0.15) is 0 Å². The number of hydrogen-bond acceptors (Lipinski definition) is 6. The first-order valence-corrected chi connectivity index (χ1v) is 6.16. The first-order chi connectivity index (χ1) is 8.75. The van der Waals surface area contributed by atoms with E-state index in [9.17, 15) is 0 Å². The summed E-state index contributed by atoms with van der Waals surface area (Å²) >= 11 is 1.55. The Balaban J connectivity index is 2.18. The standard InChI is InChI=1S/C12H10N4OS/c1-7-15-6-9(18-7)11-10(12(13)17-16-11)8-4-2-3-5-14-8/h2-6H,13H2,1H3. The molecule has 0 aliphatic rings. The van der Waals surface area contributed by atoms with Gasteiger partial charge in [0.2, 0.25) is 5.88 Å². The minimum absolute atomic E-state index is 0.273. The highest BCUT2D eigenvalue weighted by Gasteiger charge is 2.19. The summed E-state index contributed by atoms with van der Waals surface area (Å²) in [6.45, 7) is 1.94. The summed E-state index contributed by atoms with van der Waals surface area (Å²) in [5, 5.41) is 4.98. The van der Waals surface area contributed by atoms with Crippen LogP contribution in [0.4, 0.5) is 5.88 Å². The number of hydrogen-bond donors (Lipinski definition) is 1. The van der Waals surface area contributed by atoms with Gasteiger partial charge in [-0.05, 0) is 19.1 Å². The molecule has 90 valence electrons. The van der Waals surface area contributed by atoms with E-state index in [1.807, 2.05) is 25.1 Å². The van der Waals surface area contributed by atoms with Gasteiger partial charge >= 0.3 is 0 Å². The number of nitrogens with zero attached hydrogens (tertiary/aromatic N) is 3. The number of aryl methyl sites for hydroxylation is 1. The molecule has 0 bridgehead atoms. The molecule has 3 rings (SSSR count). The molecule has 0 fully saturated rings. The van der Waals surface area contributed by atoms with Crippen molar-refractivity contribution in [3.63, 3.8) is 0 Å². The van der Waals surface area contributed by atoms with Gasteiger partial charge in [-0.15, -0.1) is 11.3 Å². The summed E-state index contributed by atoms with van der Waals surface area (Å²) in [6, 6.07) is 5.63. The van der Waals surface area contributed by atoms with Crippen LogP contribution in [0.25, 0.3) is 21.8 Å². The fourth-order valence-electron chi connectivity index (χ4n) is 1.70. The van der Waals surface area contributed by atoms with Crippen LogP contribution in [-0.2, 0) is 0 Å². The van der Waals surface area contributed by atoms with E-state index in [2.05, 4.69) is 15.1 Å². The highest BCUT2D eigenvalue weighted by atomic mass is 32.1. The zero-order valence-electron chi connectivity index (χ0n) is 9.62.